The molecule has 0 saturated heterocycles. The summed E-state index contributed by atoms with van der Waals surface area (Å²) in [6, 6.07) is 14.1. The van der Waals surface area contributed by atoms with E-state index in [1.807, 2.05) is 18.2 Å². The topological polar surface area (TPSA) is 46.5 Å². The van der Waals surface area contributed by atoms with Gasteiger partial charge in [0.15, 0.2) is 0 Å². The van der Waals surface area contributed by atoms with Gasteiger partial charge in [-0.3, -0.25) is 4.79 Å². The van der Waals surface area contributed by atoms with Crippen LogP contribution in [0.4, 0.5) is 13.2 Å². The van der Waals surface area contributed by atoms with Crippen molar-refractivity contribution < 1.29 is 27.8 Å². The summed E-state index contributed by atoms with van der Waals surface area (Å²) in [6.07, 6.45) is -2.42. The second-order valence-electron chi connectivity index (χ2n) is 6.89. The molecule has 0 amide bonds. The Balaban J connectivity index is 2.13. The monoisotopic (exact) mass is 392 g/mol. The lowest BCUT2D eigenvalue weighted by Gasteiger charge is -2.28. The van der Waals surface area contributed by atoms with Crippen molar-refractivity contribution in [1.82, 2.24) is 0 Å². The molecule has 0 radical (unpaired) electrons. The third kappa shape index (κ3) is 5.96. The van der Waals surface area contributed by atoms with Crippen molar-refractivity contribution in [1.29, 1.82) is 0 Å². The number of esters is 1. The van der Waals surface area contributed by atoms with Crippen LogP contribution in [-0.4, -0.2) is 16.7 Å². The number of rotatable bonds is 7. The molecule has 0 spiro atoms. The molecule has 0 aromatic heterocycles. The molecule has 0 aliphatic heterocycles. The molecule has 0 aliphatic carbocycles. The van der Waals surface area contributed by atoms with Gasteiger partial charge in [-0.1, -0.05) is 74.5 Å². The Bertz CT molecular complexity index is 813. The predicted molar refractivity (Wildman–Crippen MR) is 101 cm³/mol. The minimum Gasteiger partial charge on any atom is -0.461 e. The Labute approximate surface area is 162 Å². The standard InChI is InChI=1S/C22H23F3O3/c1-16(2)21(27,14-20(26)28-15-17-8-4-3-5-9-17)13-12-18-10-6-7-11-19(18)22(23,24)25/h3-13,16,27H,14-15H2,1-2H3. The SMILES string of the molecule is CC(C)C(O)(C=Cc1ccccc1C(F)(F)F)CC(=O)OCc1ccccc1. The average molecular weight is 392 g/mol. The normalized spacial score (nSPS) is 14.2. The molecule has 1 N–H and O–H groups in total. The molecule has 2 aromatic rings. The van der Waals surface area contributed by atoms with Crippen molar-refractivity contribution in [2.45, 2.75) is 38.7 Å². The maximum atomic E-state index is 13.1. The van der Waals surface area contributed by atoms with Gasteiger partial charge in [0.1, 0.15) is 6.61 Å². The summed E-state index contributed by atoms with van der Waals surface area (Å²) in [6.45, 7) is 3.43. The molecule has 28 heavy (non-hydrogen) atoms. The molecule has 1 unspecified atom stereocenters. The van der Waals surface area contributed by atoms with Crippen molar-refractivity contribution >= 4 is 12.0 Å². The number of carbonyl (C=O) groups excluding carboxylic acids is 1. The first-order chi connectivity index (χ1) is 13.1. The number of hydrogen-bond donors (Lipinski definition) is 1. The zero-order chi connectivity index (χ0) is 20.8. The van der Waals surface area contributed by atoms with Crippen LogP contribution in [0.25, 0.3) is 6.08 Å². The second kappa shape index (κ2) is 9.06. The van der Waals surface area contributed by atoms with Crippen LogP contribution in [-0.2, 0) is 22.3 Å². The summed E-state index contributed by atoms with van der Waals surface area (Å²) in [7, 11) is 0. The average Bonchev–Trinajstić information content (AvgIpc) is 2.65. The zero-order valence-electron chi connectivity index (χ0n) is 15.7. The molecule has 2 aromatic carbocycles. The van der Waals surface area contributed by atoms with Crippen molar-refractivity contribution in [2.24, 2.45) is 5.92 Å². The zero-order valence-corrected chi connectivity index (χ0v) is 15.7. The van der Waals surface area contributed by atoms with E-state index in [4.69, 9.17) is 4.74 Å². The van der Waals surface area contributed by atoms with Crippen LogP contribution in [0.2, 0.25) is 0 Å². The fraction of sp³-hybridized carbons (Fsp3) is 0.318. The first kappa shape index (κ1) is 21.7. The summed E-state index contributed by atoms with van der Waals surface area (Å²) in [5, 5.41) is 10.8. The van der Waals surface area contributed by atoms with Crippen LogP contribution in [0, 0.1) is 5.92 Å². The van der Waals surface area contributed by atoms with E-state index in [0.717, 1.165) is 11.6 Å². The lowest BCUT2D eigenvalue weighted by Crippen LogP contribution is -2.36. The highest BCUT2D eigenvalue weighted by Gasteiger charge is 2.34. The van der Waals surface area contributed by atoms with Crippen LogP contribution in [0.3, 0.4) is 0 Å². The molecular weight excluding hydrogens is 369 g/mol. The molecule has 150 valence electrons. The maximum Gasteiger partial charge on any atom is 0.416 e. The summed E-state index contributed by atoms with van der Waals surface area (Å²) in [5.41, 5.74) is -1.71. The lowest BCUT2D eigenvalue weighted by molar-refractivity contribution is -0.150. The summed E-state index contributed by atoms with van der Waals surface area (Å²) in [5.74, 6) is -1.04. The van der Waals surface area contributed by atoms with Gasteiger partial charge in [0, 0.05) is 0 Å². The van der Waals surface area contributed by atoms with E-state index in [1.165, 1.54) is 30.4 Å². The van der Waals surface area contributed by atoms with Crippen LogP contribution < -0.4 is 0 Å². The Morgan fingerprint density at radius 2 is 1.68 bits per heavy atom. The second-order valence-corrected chi connectivity index (χ2v) is 6.89. The van der Waals surface area contributed by atoms with Gasteiger partial charge < -0.3 is 9.84 Å². The number of alkyl halides is 3. The summed E-state index contributed by atoms with van der Waals surface area (Å²) in [4.78, 5) is 12.2. The molecule has 0 fully saturated rings. The Morgan fingerprint density at radius 3 is 2.29 bits per heavy atom. The van der Waals surface area contributed by atoms with E-state index in [-0.39, 0.29) is 18.6 Å². The van der Waals surface area contributed by atoms with E-state index < -0.39 is 29.2 Å². The Kier molecular flexibility index (Phi) is 7.02. The highest BCUT2D eigenvalue weighted by Crippen LogP contribution is 2.33. The fourth-order valence-electron chi connectivity index (χ4n) is 2.61. The van der Waals surface area contributed by atoms with Gasteiger partial charge >= 0.3 is 12.1 Å². The third-order valence-electron chi connectivity index (χ3n) is 4.49. The Hall–Kier alpha value is -2.60. The van der Waals surface area contributed by atoms with Gasteiger partial charge in [0.05, 0.1) is 17.6 Å². The highest BCUT2D eigenvalue weighted by molar-refractivity contribution is 5.72. The van der Waals surface area contributed by atoms with E-state index in [2.05, 4.69) is 0 Å². The van der Waals surface area contributed by atoms with Gasteiger partial charge in [0.25, 0.3) is 0 Å². The molecule has 1 atom stereocenters. The molecule has 0 heterocycles. The van der Waals surface area contributed by atoms with Crippen molar-refractivity contribution in [2.75, 3.05) is 0 Å². The minimum atomic E-state index is -4.51. The maximum absolute atomic E-state index is 13.1. The van der Waals surface area contributed by atoms with Gasteiger partial charge in [-0.25, -0.2) is 0 Å². The molecule has 3 nitrogen and oxygen atoms in total. The summed E-state index contributed by atoms with van der Waals surface area (Å²) < 4.78 is 44.6. The molecule has 0 bridgehead atoms. The first-order valence-electron chi connectivity index (χ1n) is 8.89. The Morgan fingerprint density at radius 1 is 1.07 bits per heavy atom. The number of carbonyl (C=O) groups is 1. The highest BCUT2D eigenvalue weighted by atomic mass is 19.4. The van der Waals surface area contributed by atoms with Crippen LogP contribution >= 0.6 is 0 Å². The predicted octanol–water partition coefficient (Wildman–Crippen LogP) is 5.24. The quantitative estimate of drug-likeness (QED) is 0.656. The van der Waals surface area contributed by atoms with E-state index in [0.29, 0.717) is 0 Å². The number of hydrogen-bond acceptors (Lipinski definition) is 3. The minimum absolute atomic E-state index is 0.0640. The van der Waals surface area contributed by atoms with Crippen LogP contribution in [0.15, 0.2) is 60.7 Å². The number of benzene rings is 2. The van der Waals surface area contributed by atoms with Gasteiger partial charge in [0.2, 0.25) is 0 Å². The van der Waals surface area contributed by atoms with Crippen LogP contribution in [0.1, 0.15) is 37.0 Å². The van der Waals surface area contributed by atoms with Gasteiger partial charge in [-0.15, -0.1) is 0 Å². The molecular formula is C22H23F3O3. The number of aliphatic hydroxyl groups is 1. The van der Waals surface area contributed by atoms with Gasteiger partial charge in [-0.2, -0.15) is 13.2 Å². The number of ether oxygens (including phenoxy) is 1. The third-order valence-corrected chi connectivity index (χ3v) is 4.49. The largest absolute Gasteiger partial charge is 0.461 e. The fourth-order valence-corrected chi connectivity index (χ4v) is 2.61. The van der Waals surface area contributed by atoms with E-state index in [1.54, 1.807) is 26.0 Å². The number of halogens is 3. The first-order valence-corrected chi connectivity index (χ1v) is 8.89. The molecule has 0 aliphatic rings. The van der Waals surface area contributed by atoms with Crippen LogP contribution in [0.5, 0.6) is 0 Å². The van der Waals surface area contributed by atoms with Gasteiger partial charge in [-0.05, 0) is 23.1 Å². The molecule has 2 rings (SSSR count). The van der Waals surface area contributed by atoms with Crippen molar-refractivity contribution in [3.8, 4) is 0 Å². The van der Waals surface area contributed by atoms with Crippen molar-refractivity contribution in [3.05, 3.63) is 77.4 Å². The molecule has 6 heteroatoms. The lowest BCUT2D eigenvalue weighted by atomic mass is 9.86. The summed E-state index contributed by atoms with van der Waals surface area (Å²) >= 11 is 0. The molecule has 0 saturated carbocycles. The van der Waals surface area contributed by atoms with E-state index >= 15 is 0 Å². The van der Waals surface area contributed by atoms with Crippen molar-refractivity contribution in [3.63, 3.8) is 0 Å². The smallest absolute Gasteiger partial charge is 0.416 e. The van der Waals surface area contributed by atoms with E-state index in [9.17, 15) is 23.1 Å².